The first kappa shape index (κ1) is 14.3. The van der Waals surface area contributed by atoms with Gasteiger partial charge in [0.2, 0.25) is 5.71 Å². The van der Waals surface area contributed by atoms with E-state index in [1.807, 2.05) is 0 Å². The maximum Gasteiger partial charge on any atom is 0.262 e. The van der Waals surface area contributed by atoms with E-state index >= 15 is 0 Å². The quantitative estimate of drug-likeness (QED) is 0.874. The van der Waals surface area contributed by atoms with Crippen molar-refractivity contribution in [2.45, 2.75) is 33.6 Å². The molecule has 0 saturated carbocycles. The van der Waals surface area contributed by atoms with Crippen molar-refractivity contribution in [2.24, 2.45) is 5.92 Å². The van der Waals surface area contributed by atoms with Crippen molar-refractivity contribution in [2.75, 3.05) is 6.54 Å². The van der Waals surface area contributed by atoms with Crippen molar-refractivity contribution < 1.29 is 9.21 Å². The summed E-state index contributed by atoms with van der Waals surface area (Å²) < 4.78 is 5.37. The van der Waals surface area contributed by atoms with Gasteiger partial charge in [-0.2, -0.15) is 0 Å². The van der Waals surface area contributed by atoms with E-state index in [-0.39, 0.29) is 28.1 Å². The van der Waals surface area contributed by atoms with E-state index in [0.29, 0.717) is 18.2 Å². The summed E-state index contributed by atoms with van der Waals surface area (Å²) in [6.45, 7) is 6.43. The lowest BCUT2D eigenvalue weighted by atomic mass is 10.0. The van der Waals surface area contributed by atoms with Crippen molar-refractivity contribution in [1.82, 2.24) is 15.3 Å². The molecule has 2 N–H and O–H groups in total. The van der Waals surface area contributed by atoms with E-state index in [1.54, 1.807) is 6.92 Å². The van der Waals surface area contributed by atoms with Crippen LogP contribution in [0.3, 0.4) is 0 Å². The Morgan fingerprint density at radius 1 is 1.45 bits per heavy atom. The molecule has 0 fully saturated rings. The second kappa shape index (κ2) is 5.90. The Labute approximate surface area is 116 Å². The molecule has 0 aromatic carbocycles. The van der Waals surface area contributed by atoms with E-state index < -0.39 is 0 Å². The fourth-order valence-corrected chi connectivity index (χ4v) is 2.23. The Morgan fingerprint density at radius 2 is 2.15 bits per heavy atom. The number of carbonyl (C=O) groups excluding carboxylic acids is 1. The lowest BCUT2D eigenvalue weighted by Gasteiger charge is -2.12. The second-order valence-corrected chi connectivity index (χ2v) is 4.84. The SMILES string of the molecule is CCC(CC)CNC(=O)c1c(C)oc2nc[nH]c(=O)c12. The molecule has 2 aromatic heterocycles. The first-order chi connectivity index (χ1) is 9.58. The largest absolute Gasteiger partial charge is 0.442 e. The van der Waals surface area contributed by atoms with Gasteiger partial charge < -0.3 is 14.7 Å². The molecular weight excluding hydrogens is 258 g/mol. The molecule has 0 saturated heterocycles. The molecule has 0 spiro atoms. The maximum atomic E-state index is 12.3. The van der Waals surface area contributed by atoms with Crippen LogP contribution in [-0.2, 0) is 0 Å². The van der Waals surface area contributed by atoms with Crippen LogP contribution in [0.15, 0.2) is 15.5 Å². The summed E-state index contributed by atoms with van der Waals surface area (Å²) in [7, 11) is 0. The van der Waals surface area contributed by atoms with Crippen LogP contribution in [-0.4, -0.2) is 22.4 Å². The number of aromatic nitrogens is 2. The number of carbonyl (C=O) groups is 1. The first-order valence-corrected chi connectivity index (χ1v) is 6.83. The minimum atomic E-state index is -0.362. The number of amides is 1. The van der Waals surface area contributed by atoms with Crippen LogP contribution in [0.25, 0.3) is 11.1 Å². The predicted molar refractivity (Wildman–Crippen MR) is 75.8 cm³/mol. The summed E-state index contributed by atoms with van der Waals surface area (Å²) in [5.74, 6) is 0.562. The standard InChI is InChI=1S/C14H19N3O3/c1-4-9(5-2)6-15-12(18)10-8(3)20-14-11(10)13(19)16-7-17-14/h7,9H,4-6H2,1-3H3,(H,15,18)(H,16,17,19). The third kappa shape index (κ3) is 2.59. The summed E-state index contributed by atoms with van der Waals surface area (Å²) in [4.78, 5) is 30.5. The van der Waals surface area contributed by atoms with Crippen LogP contribution in [0.4, 0.5) is 0 Å². The van der Waals surface area contributed by atoms with Gasteiger partial charge in [0.25, 0.3) is 11.5 Å². The molecule has 6 heteroatoms. The van der Waals surface area contributed by atoms with Gasteiger partial charge >= 0.3 is 0 Å². The van der Waals surface area contributed by atoms with E-state index in [0.717, 1.165) is 12.8 Å². The van der Waals surface area contributed by atoms with Gasteiger partial charge in [-0.15, -0.1) is 0 Å². The molecule has 108 valence electrons. The smallest absolute Gasteiger partial charge is 0.262 e. The molecule has 2 heterocycles. The van der Waals surface area contributed by atoms with Crippen molar-refractivity contribution in [3.05, 3.63) is 28.0 Å². The normalized spacial score (nSPS) is 11.2. The van der Waals surface area contributed by atoms with Gasteiger partial charge in [-0.05, 0) is 12.8 Å². The zero-order valence-electron chi connectivity index (χ0n) is 11.9. The van der Waals surface area contributed by atoms with E-state index in [1.165, 1.54) is 6.33 Å². The molecule has 2 rings (SSSR count). The number of furan rings is 1. The van der Waals surface area contributed by atoms with E-state index in [2.05, 4.69) is 29.1 Å². The number of rotatable bonds is 5. The van der Waals surface area contributed by atoms with Crippen molar-refractivity contribution in [3.63, 3.8) is 0 Å². The Hall–Kier alpha value is -2.11. The van der Waals surface area contributed by atoms with E-state index in [4.69, 9.17) is 4.42 Å². The number of fused-ring (bicyclic) bond motifs is 1. The minimum Gasteiger partial charge on any atom is -0.442 e. The molecular formula is C14H19N3O3. The first-order valence-electron chi connectivity index (χ1n) is 6.83. The molecule has 0 bridgehead atoms. The van der Waals surface area contributed by atoms with Gasteiger partial charge in [0, 0.05) is 6.54 Å². The number of hydrogen-bond donors (Lipinski definition) is 2. The third-order valence-corrected chi connectivity index (χ3v) is 3.60. The second-order valence-electron chi connectivity index (χ2n) is 4.84. The molecule has 6 nitrogen and oxygen atoms in total. The van der Waals surface area contributed by atoms with Gasteiger partial charge in [0.1, 0.15) is 11.1 Å². The predicted octanol–water partition coefficient (Wildman–Crippen LogP) is 1.99. The van der Waals surface area contributed by atoms with Crippen LogP contribution in [0.2, 0.25) is 0 Å². The fourth-order valence-electron chi connectivity index (χ4n) is 2.23. The highest BCUT2D eigenvalue weighted by Crippen LogP contribution is 2.20. The zero-order chi connectivity index (χ0) is 14.7. The van der Waals surface area contributed by atoms with Gasteiger partial charge in [-0.25, -0.2) is 4.98 Å². The van der Waals surface area contributed by atoms with Crippen molar-refractivity contribution in [1.29, 1.82) is 0 Å². The highest BCUT2D eigenvalue weighted by molar-refractivity contribution is 6.06. The van der Waals surface area contributed by atoms with Gasteiger partial charge in [0.15, 0.2) is 0 Å². The van der Waals surface area contributed by atoms with E-state index in [9.17, 15) is 9.59 Å². The molecule has 2 aromatic rings. The van der Waals surface area contributed by atoms with Crippen LogP contribution in [0.5, 0.6) is 0 Å². The number of aryl methyl sites for hydroxylation is 1. The summed E-state index contributed by atoms with van der Waals surface area (Å²) >= 11 is 0. The lowest BCUT2D eigenvalue weighted by Crippen LogP contribution is -2.29. The van der Waals surface area contributed by atoms with Gasteiger partial charge in [-0.3, -0.25) is 9.59 Å². The number of nitrogens with zero attached hydrogens (tertiary/aromatic N) is 1. The lowest BCUT2D eigenvalue weighted by molar-refractivity contribution is 0.0946. The average molecular weight is 277 g/mol. The van der Waals surface area contributed by atoms with Crippen molar-refractivity contribution in [3.8, 4) is 0 Å². The molecule has 20 heavy (non-hydrogen) atoms. The molecule has 0 aliphatic heterocycles. The van der Waals surface area contributed by atoms with Gasteiger partial charge in [-0.1, -0.05) is 26.7 Å². The highest BCUT2D eigenvalue weighted by atomic mass is 16.3. The summed E-state index contributed by atoms with van der Waals surface area (Å²) in [6, 6.07) is 0. The summed E-state index contributed by atoms with van der Waals surface area (Å²) in [5, 5.41) is 3.08. The number of nitrogens with one attached hydrogen (secondary N) is 2. The number of aromatic amines is 1. The topological polar surface area (TPSA) is 88.0 Å². The van der Waals surface area contributed by atoms with Crippen LogP contribution in [0, 0.1) is 12.8 Å². The number of hydrogen-bond acceptors (Lipinski definition) is 4. The van der Waals surface area contributed by atoms with Crippen LogP contribution in [0.1, 0.15) is 42.8 Å². The molecule has 1 amide bonds. The maximum absolute atomic E-state index is 12.3. The Bertz CT molecular complexity index is 668. The highest BCUT2D eigenvalue weighted by Gasteiger charge is 2.21. The number of H-pyrrole nitrogens is 1. The Morgan fingerprint density at radius 3 is 2.80 bits per heavy atom. The molecule has 0 unspecified atom stereocenters. The Balaban J connectivity index is 2.31. The van der Waals surface area contributed by atoms with Crippen molar-refractivity contribution >= 4 is 17.0 Å². The molecule has 0 radical (unpaired) electrons. The minimum absolute atomic E-state index is 0.193. The average Bonchev–Trinajstić information content (AvgIpc) is 2.77. The Kier molecular flexibility index (Phi) is 4.22. The van der Waals surface area contributed by atoms with Crippen LogP contribution >= 0.6 is 0 Å². The fraction of sp³-hybridized carbons (Fsp3) is 0.500. The summed E-state index contributed by atoms with van der Waals surface area (Å²) in [5.41, 5.74) is 0.110. The summed E-state index contributed by atoms with van der Waals surface area (Å²) in [6.07, 6.45) is 3.27. The molecule has 0 aliphatic rings. The third-order valence-electron chi connectivity index (χ3n) is 3.60. The zero-order valence-corrected chi connectivity index (χ0v) is 11.9. The van der Waals surface area contributed by atoms with Gasteiger partial charge in [0.05, 0.1) is 11.9 Å². The monoisotopic (exact) mass is 277 g/mol. The molecule has 0 aliphatic carbocycles. The van der Waals surface area contributed by atoms with Crippen LogP contribution < -0.4 is 10.9 Å². The molecule has 0 atom stereocenters.